The normalized spacial score (nSPS) is 16.6. The zero-order valence-corrected chi connectivity index (χ0v) is 14.0. The van der Waals surface area contributed by atoms with Crippen molar-refractivity contribution in [1.29, 1.82) is 0 Å². The third-order valence-corrected chi connectivity index (χ3v) is 5.04. The number of anilines is 1. The molecule has 0 radical (unpaired) electrons. The van der Waals surface area contributed by atoms with Gasteiger partial charge >= 0.3 is 0 Å². The summed E-state index contributed by atoms with van der Waals surface area (Å²) in [5.41, 5.74) is 1.88. The molecular formula is C20H21N3O2. The molecule has 0 spiro atoms. The van der Waals surface area contributed by atoms with Gasteiger partial charge in [0.15, 0.2) is 0 Å². The number of aromatic amines is 1. The van der Waals surface area contributed by atoms with E-state index in [-0.39, 0.29) is 11.0 Å². The van der Waals surface area contributed by atoms with E-state index in [9.17, 15) is 4.79 Å². The molecule has 3 aromatic rings. The molecule has 4 rings (SSSR count). The molecule has 1 aliphatic heterocycles. The summed E-state index contributed by atoms with van der Waals surface area (Å²) in [6.45, 7) is 2.21. The van der Waals surface area contributed by atoms with Crippen LogP contribution in [0.5, 0.6) is 0 Å². The largest absolute Gasteiger partial charge is 0.381 e. The van der Waals surface area contributed by atoms with E-state index >= 15 is 0 Å². The van der Waals surface area contributed by atoms with E-state index in [2.05, 4.69) is 39.6 Å². The van der Waals surface area contributed by atoms with Gasteiger partial charge in [-0.3, -0.25) is 9.78 Å². The molecule has 1 aliphatic rings. The van der Waals surface area contributed by atoms with Crippen molar-refractivity contribution in [2.75, 3.05) is 25.1 Å². The summed E-state index contributed by atoms with van der Waals surface area (Å²) in [6, 6.07) is 17.9. The first-order chi connectivity index (χ1) is 12.3. The second kappa shape index (κ2) is 6.69. The van der Waals surface area contributed by atoms with Crippen LogP contribution in [-0.4, -0.2) is 29.7 Å². The SMILES string of the molecule is O=c1[nH]c(NCC2(c3ccccc3)CCOCC2)nc2ccccc12. The molecule has 1 saturated heterocycles. The van der Waals surface area contributed by atoms with Gasteiger partial charge in [0.1, 0.15) is 0 Å². The lowest BCUT2D eigenvalue weighted by Gasteiger charge is -2.38. The molecule has 2 heterocycles. The summed E-state index contributed by atoms with van der Waals surface area (Å²) in [6.07, 6.45) is 1.89. The molecule has 2 aromatic carbocycles. The number of aromatic nitrogens is 2. The van der Waals surface area contributed by atoms with Crippen molar-refractivity contribution in [3.05, 3.63) is 70.5 Å². The van der Waals surface area contributed by atoms with Crippen molar-refractivity contribution in [3.8, 4) is 0 Å². The first-order valence-corrected chi connectivity index (χ1v) is 8.63. The highest BCUT2D eigenvalue weighted by Crippen LogP contribution is 2.34. The molecule has 25 heavy (non-hydrogen) atoms. The second-order valence-corrected chi connectivity index (χ2v) is 6.54. The van der Waals surface area contributed by atoms with Gasteiger partial charge in [-0.25, -0.2) is 4.98 Å². The van der Waals surface area contributed by atoms with E-state index in [1.54, 1.807) is 6.07 Å². The Balaban J connectivity index is 1.63. The van der Waals surface area contributed by atoms with Gasteiger partial charge in [-0.15, -0.1) is 0 Å². The van der Waals surface area contributed by atoms with Crippen LogP contribution in [0.2, 0.25) is 0 Å². The molecule has 0 bridgehead atoms. The first kappa shape index (κ1) is 15.8. The lowest BCUT2D eigenvalue weighted by molar-refractivity contribution is 0.0543. The number of hydrogen-bond donors (Lipinski definition) is 2. The number of benzene rings is 2. The van der Waals surface area contributed by atoms with Crippen molar-refractivity contribution in [2.24, 2.45) is 0 Å². The average molecular weight is 335 g/mol. The second-order valence-electron chi connectivity index (χ2n) is 6.54. The summed E-state index contributed by atoms with van der Waals surface area (Å²) in [4.78, 5) is 19.6. The van der Waals surface area contributed by atoms with Crippen LogP contribution in [0.4, 0.5) is 5.95 Å². The van der Waals surface area contributed by atoms with Crippen molar-refractivity contribution in [3.63, 3.8) is 0 Å². The van der Waals surface area contributed by atoms with Crippen LogP contribution in [0, 0.1) is 0 Å². The minimum absolute atomic E-state index is 0.0102. The highest BCUT2D eigenvalue weighted by molar-refractivity contribution is 5.78. The fourth-order valence-electron chi connectivity index (χ4n) is 3.54. The van der Waals surface area contributed by atoms with Crippen LogP contribution < -0.4 is 10.9 Å². The highest BCUT2D eigenvalue weighted by Gasteiger charge is 2.34. The molecule has 0 unspecified atom stereocenters. The summed E-state index contributed by atoms with van der Waals surface area (Å²) in [7, 11) is 0. The van der Waals surface area contributed by atoms with Gasteiger partial charge in [-0.05, 0) is 30.5 Å². The van der Waals surface area contributed by atoms with Crippen LogP contribution in [0.3, 0.4) is 0 Å². The number of nitrogens with one attached hydrogen (secondary N) is 2. The Hall–Kier alpha value is -2.66. The summed E-state index contributed by atoms with van der Waals surface area (Å²) in [5.74, 6) is 0.519. The molecule has 128 valence electrons. The molecule has 5 heteroatoms. The quantitative estimate of drug-likeness (QED) is 0.769. The van der Waals surface area contributed by atoms with Crippen molar-refractivity contribution in [2.45, 2.75) is 18.3 Å². The fourth-order valence-corrected chi connectivity index (χ4v) is 3.54. The minimum atomic E-state index is -0.117. The maximum Gasteiger partial charge on any atom is 0.260 e. The average Bonchev–Trinajstić information content (AvgIpc) is 2.68. The monoisotopic (exact) mass is 335 g/mol. The van der Waals surface area contributed by atoms with Gasteiger partial charge in [0, 0.05) is 25.2 Å². The van der Waals surface area contributed by atoms with Gasteiger partial charge in [-0.1, -0.05) is 42.5 Å². The first-order valence-electron chi connectivity index (χ1n) is 8.63. The summed E-state index contributed by atoms with van der Waals surface area (Å²) < 4.78 is 5.57. The molecule has 0 saturated carbocycles. The number of ether oxygens (including phenoxy) is 1. The maximum absolute atomic E-state index is 12.2. The summed E-state index contributed by atoms with van der Waals surface area (Å²) in [5, 5.41) is 3.97. The molecule has 0 amide bonds. The molecule has 2 N–H and O–H groups in total. The molecule has 1 aromatic heterocycles. The fraction of sp³-hybridized carbons (Fsp3) is 0.300. The number of fused-ring (bicyclic) bond motifs is 1. The Morgan fingerprint density at radius 1 is 1.04 bits per heavy atom. The zero-order valence-electron chi connectivity index (χ0n) is 14.0. The van der Waals surface area contributed by atoms with Gasteiger partial charge in [0.05, 0.1) is 10.9 Å². The molecule has 0 atom stereocenters. The van der Waals surface area contributed by atoms with E-state index in [0.29, 0.717) is 23.4 Å². The zero-order chi connectivity index (χ0) is 17.1. The van der Waals surface area contributed by atoms with Crippen molar-refractivity contribution >= 4 is 16.9 Å². The Kier molecular flexibility index (Phi) is 4.24. The third-order valence-electron chi connectivity index (χ3n) is 5.04. The Labute approximate surface area is 146 Å². The van der Waals surface area contributed by atoms with Gasteiger partial charge in [0.2, 0.25) is 5.95 Å². The van der Waals surface area contributed by atoms with E-state index in [0.717, 1.165) is 26.1 Å². The van der Waals surface area contributed by atoms with Gasteiger partial charge in [-0.2, -0.15) is 0 Å². The van der Waals surface area contributed by atoms with Gasteiger partial charge < -0.3 is 10.1 Å². The molecule has 5 nitrogen and oxygen atoms in total. The van der Waals surface area contributed by atoms with Crippen LogP contribution in [0.1, 0.15) is 18.4 Å². The lowest BCUT2D eigenvalue weighted by Crippen LogP contribution is -2.40. The maximum atomic E-state index is 12.2. The van der Waals surface area contributed by atoms with Crippen LogP contribution >= 0.6 is 0 Å². The number of H-pyrrole nitrogens is 1. The molecule has 1 fully saturated rings. The van der Waals surface area contributed by atoms with Crippen LogP contribution in [0.25, 0.3) is 10.9 Å². The van der Waals surface area contributed by atoms with Gasteiger partial charge in [0.25, 0.3) is 5.56 Å². The van der Waals surface area contributed by atoms with Crippen LogP contribution in [-0.2, 0) is 10.2 Å². The number of rotatable bonds is 4. The standard InChI is InChI=1S/C20H21N3O2/c24-18-16-8-4-5-9-17(16)22-19(23-18)21-14-20(10-12-25-13-11-20)15-6-2-1-3-7-15/h1-9H,10-14H2,(H2,21,22,23,24). The smallest absolute Gasteiger partial charge is 0.260 e. The van der Waals surface area contributed by atoms with E-state index in [1.807, 2.05) is 24.3 Å². The number of para-hydroxylation sites is 1. The van der Waals surface area contributed by atoms with E-state index in [1.165, 1.54) is 5.56 Å². The predicted molar refractivity (Wildman–Crippen MR) is 99.0 cm³/mol. The highest BCUT2D eigenvalue weighted by atomic mass is 16.5. The third kappa shape index (κ3) is 3.15. The molecule has 0 aliphatic carbocycles. The Morgan fingerprint density at radius 3 is 2.56 bits per heavy atom. The van der Waals surface area contributed by atoms with Crippen LogP contribution in [0.15, 0.2) is 59.4 Å². The minimum Gasteiger partial charge on any atom is -0.381 e. The summed E-state index contributed by atoms with van der Waals surface area (Å²) >= 11 is 0. The predicted octanol–water partition coefficient (Wildman–Crippen LogP) is 3.08. The van der Waals surface area contributed by atoms with E-state index in [4.69, 9.17) is 4.74 Å². The Morgan fingerprint density at radius 2 is 1.76 bits per heavy atom. The topological polar surface area (TPSA) is 67.0 Å². The number of nitrogens with zero attached hydrogens (tertiary/aromatic N) is 1. The lowest BCUT2D eigenvalue weighted by atomic mass is 9.74. The molecular weight excluding hydrogens is 314 g/mol. The van der Waals surface area contributed by atoms with E-state index < -0.39 is 0 Å². The number of hydrogen-bond acceptors (Lipinski definition) is 4. The van der Waals surface area contributed by atoms with Crippen molar-refractivity contribution < 1.29 is 4.74 Å². The Bertz CT molecular complexity index is 915. The van der Waals surface area contributed by atoms with Crippen molar-refractivity contribution in [1.82, 2.24) is 9.97 Å².